The first kappa shape index (κ1) is 17.7. The molecule has 8 heteroatoms. The summed E-state index contributed by atoms with van der Waals surface area (Å²) in [6.45, 7) is 1.89. The SMILES string of the molecule is COc1cc(-c2ccc3c(C(=O)NC4CCNCC4)c[nH]c3c2)cn2ncnc12. The van der Waals surface area contributed by atoms with Gasteiger partial charge in [0.25, 0.3) is 5.91 Å². The highest BCUT2D eigenvalue weighted by Gasteiger charge is 2.19. The van der Waals surface area contributed by atoms with Crippen LogP contribution in [-0.4, -0.2) is 51.7 Å². The topological polar surface area (TPSA) is 96.3 Å². The number of hydrogen-bond donors (Lipinski definition) is 3. The van der Waals surface area contributed by atoms with Gasteiger partial charge in [0.2, 0.25) is 0 Å². The van der Waals surface area contributed by atoms with Crippen molar-refractivity contribution in [3.63, 3.8) is 0 Å². The van der Waals surface area contributed by atoms with Crippen LogP contribution in [0.5, 0.6) is 5.75 Å². The van der Waals surface area contributed by atoms with Gasteiger partial charge in [0, 0.05) is 34.9 Å². The van der Waals surface area contributed by atoms with Gasteiger partial charge in [-0.2, -0.15) is 5.10 Å². The van der Waals surface area contributed by atoms with Gasteiger partial charge in [-0.05, 0) is 43.6 Å². The summed E-state index contributed by atoms with van der Waals surface area (Å²) in [5, 5.41) is 11.6. The number of ether oxygens (including phenoxy) is 1. The lowest BCUT2D eigenvalue weighted by atomic mass is 10.0. The molecule has 1 fully saturated rings. The van der Waals surface area contributed by atoms with E-state index in [9.17, 15) is 4.79 Å². The van der Waals surface area contributed by atoms with E-state index in [1.165, 1.54) is 6.33 Å². The molecule has 1 saturated heterocycles. The molecule has 3 N–H and O–H groups in total. The lowest BCUT2D eigenvalue weighted by Crippen LogP contribution is -2.42. The quantitative estimate of drug-likeness (QED) is 0.497. The third kappa shape index (κ3) is 3.21. The van der Waals surface area contributed by atoms with Gasteiger partial charge in [0.15, 0.2) is 11.4 Å². The first-order valence-corrected chi connectivity index (χ1v) is 9.73. The first-order valence-electron chi connectivity index (χ1n) is 9.73. The molecule has 1 aromatic carbocycles. The van der Waals surface area contributed by atoms with Crippen LogP contribution in [0.3, 0.4) is 0 Å². The first-order chi connectivity index (χ1) is 14.2. The van der Waals surface area contributed by atoms with Crippen LogP contribution >= 0.6 is 0 Å². The van der Waals surface area contributed by atoms with E-state index in [0.717, 1.165) is 48.0 Å². The molecule has 5 rings (SSSR count). The van der Waals surface area contributed by atoms with E-state index < -0.39 is 0 Å². The smallest absolute Gasteiger partial charge is 0.253 e. The van der Waals surface area contributed by atoms with Gasteiger partial charge in [-0.1, -0.05) is 12.1 Å². The molecule has 148 valence electrons. The molecule has 0 bridgehead atoms. The maximum absolute atomic E-state index is 12.8. The number of rotatable bonds is 4. The van der Waals surface area contributed by atoms with Crippen molar-refractivity contribution in [2.75, 3.05) is 20.2 Å². The Balaban J connectivity index is 1.47. The second kappa shape index (κ2) is 7.21. The van der Waals surface area contributed by atoms with Crippen LogP contribution in [0.25, 0.3) is 27.7 Å². The van der Waals surface area contributed by atoms with Crippen molar-refractivity contribution in [2.45, 2.75) is 18.9 Å². The highest BCUT2D eigenvalue weighted by atomic mass is 16.5. The zero-order chi connectivity index (χ0) is 19.8. The average molecular weight is 390 g/mol. The molecular weight excluding hydrogens is 368 g/mol. The Hall–Kier alpha value is -3.39. The van der Waals surface area contributed by atoms with Crippen molar-refractivity contribution in [1.29, 1.82) is 0 Å². The summed E-state index contributed by atoms with van der Waals surface area (Å²) in [6, 6.07) is 8.20. The van der Waals surface area contributed by atoms with Crippen LogP contribution in [-0.2, 0) is 0 Å². The molecule has 1 amide bonds. The van der Waals surface area contributed by atoms with Gasteiger partial charge in [-0.3, -0.25) is 4.79 Å². The van der Waals surface area contributed by atoms with Crippen LogP contribution in [0.15, 0.2) is 43.0 Å². The zero-order valence-corrected chi connectivity index (χ0v) is 16.1. The fourth-order valence-corrected chi connectivity index (χ4v) is 3.93. The molecule has 1 aliphatic heterocycles. The highest BCUT2D eigenvalue weighted by molar-refractivity contribution is 6.07. The summed E-state index contributed by atoms with van der Waals surface area (Å²) in [7, 11) is 1.62. The number of piperidine rings is 1. The second-order valence-electron chi connectivity index (χ2n) is 7.29. The van der Waals surface area contributed by atoms with E-state index in [4.69, 9.17) is 4.74 Å². The number of carbonyl (C=O) groups is 1. The van der Waals surface area contributed by atoms with Crippen LogP contribution in [0.2, 0.25) is 0 Å². The van der Waals surface area contributed by atoms with Gasteiger partial charge in [0.05, 0.1) is 12.7 Å². The average Bonchev–Trinajstić information content (AvgIpc) is 3.40. The predicted octanol–water partition coefficient (Wildman–Crippen LogP) is 2.37. The lowest BCUT2D eigenvalue weighted by molar-refractivity contribution is 0.0931. The summed E-state index contributed by atoms with van der Waals surface area (Å²) in [5.74, 6) is 0.634. The normalized spacial score (nSPS) is 15.1. The van der Waals surface area contributed by atoms with Crippen molar-refractivity contribution < 1.29 is 9.53 Å². The van der Waals surface area contributed by atoms with Crippen molar-refractivity contribution in [3.05, 3.63) is 48.5 Å². The summed E-state index contributed by atoms with van der Waals surface area (Å²) in [5.41, 5.74) is 4.22. The number of amides is 1. The molecule has 4 aromatic rings. The van der Waals surface area contributed by atoms with Gasteiger partial charge in [0.1, 0.15) is 6.33 Å². The third-order valence-electron chi connectivity index (χ3n) is 5.50. The molecule has 0 spiro atoms. The summed E-state index contributed by atoms with van der Waals surface area (Å²) in [6.07, 6.45) is 7.13. The monoisotopic (exact) mass is 390 g/mol. The number of nitrogens with zero attached hydrogens (tertiary/aromatic N) is 3. The Bertz CT molecular complexity index is 1190. The fourth-order valence-electron chi connectivity index (χ4n) is 3.93. The number of nitrogens with one attached hydrogen (secondary N) is 3. The molecule has 8 nitrogen and oxygen atoms in total. The minimum Gasteiger partial charge on any atom is -0.493 e. The van der Waals surface area contributed by atoms with Gasteiger partial charge < -0.3 is 20.4 Å². The molecule has 0 radical (unpaired) electrons. The summed E-state index contributed by atoms with van der Waals surface area (Å²) in [4.78, 5) is 20.2. The van der Waals surface area contributed by atoms with Gasteiger partial charge in [-0.15, -0.1) is 0 Å². The van der Waals surface area contributed by atoms with Crippen molar-refractivity contribution in [1.82, 2.24) is 30.2 Å². The number of H-pyrrole nitrogens is 1. The van der Waals surface area contributed by atoms with Crippen molar-refractivity contribution in [3.8, 4) is 16.9 Å². The molecule has 3 aromatic heterocycles. The largest absolute Gasteiger partial charge is 0.493 e. The highest BCUT2D eigenvalue weighted by Crippen LogP contribution is 2.29. The van der Waals surface area contributed by atoms with Gasteiger partial charge in [-0.25, -0.2) is 9.50 Å². The zero-order valence-electron chi connectivity index (χ0n) is 16.1. The van der Waals surface area contributed by atoms with E-state index in [1.54, 1.807) is 17.8 Å². The Kier molecular flexibility index (Phi) is 4.40. The minimum atomic E-state index is -0.0263. The molecular formula is C21H22N6O2. The Labute approximate surface area is 167 Å². The molecule has 29 heavy (non-hydrogen) atoms. The Morgan fingerprint density at radius 2 is 2.10 bits per heavy atom. The lowest BCUT2D eigenvalue weighted by Gasteiger charge is -2.23. The number of hydrogen-bond acceptors (Lipinski definition) is 5. The Morgan fingerprint density at radius 1 is 1.24 bits per heavy atom. The Morgan fingerprint density at radius 3 is 2.93 bits per heavy atom. The van der Waals surface area contributed by atoms with E-state index >= 15 is 0 Å². The summed E-state index contributed by atoms with van der Waals surface area (Å²) < 4.78 is 7.15. The number of pyridine rings is 1. The number of benzene rings is 1. The molecule has 4 heterocycles. The fraction of sp³-hybridized carbons (Fsp3) is 0.286. The molecule has 0 atom stereocenters. The molecule has 0 saturated carbocycles. The van der Waals surface area contributed by atoms with Crippen molar-refractivity contribution >= 4 is 22.5 Å². The predicted molar refractivity (Wildman–Crippen MR) is 110 cm³/mol. The van der Waals surface area contributed by atoms with Crippen LogP contribution in [0.4, 0.5) is 0 Å². The number of fused-ring (bicyclic) bond motifs is 2. The van der Waals surface area contributed by atoms with Crippen LogP contribution in [0.1, 0.15) is 23.2 Å². The van der Waals surface area contributed by atoms with E-state index in [2.05, 4.69) is 25.7 Å². The standard InChI is InChI=1S/C21H22N6O2/c1-29-19-9-14(11-27-20(19)24-12-25-27)13-2-3-16-17(10-23-18(16)8-13)21(28)26-15-4-6-22-7-5-15/h2-3,8-12,15,22-23H,4-7H2,1H3,(H,26,28). The van der Waals surface area contributed by atoms with Crippen molar-refractivity contribution in [2.24, 2.45) is 0 Å². The molecule has 0 aliphatic carbocycles. The maximum atomic E-state index is 12.8. The number of aromatic nitrogens is 4. The van der Waals surface area contributed by atoms with E-state index in [0.29, 0.717) is 17.0 Å². The summed E-state index contributed by atoms with van der Waals surface area (Å²) >= 11 is 0. The molecule has 1 aliphatic rings. The maximum Gasteiger partial charge on any atom is 0.253 e. The van der Waals surface area contributed by atoms with E-state index in [1.807, 2.05) is 30.5 Å². The van der Waals surface area contributed by atoms with Crippen LogP contribution in [0, 0.1) is 0 Å². The molecule has 0 unspecified atom stereocenters. The van der Waals surface area contributed by atoms with E-state index in [-0.39, 0.29) is 11.9 Å². The minimum absolute atomic E-state index is 0.0263. The number of methoxy groups -OCH3 is 1. The van der Waals surface area contributed by atoms with Gasteiger partial charge >= 0.3 is 0 Å². The number of carbonyl (C=O) groups excluding carboxylic acids is 1. The third-order valence-corrected chi connectivity index (χ3v) is 5.50. The number of aromatic amines is 1. The second-order valence-corrected chi connectivity index (χ2v) is 7.29. The van der Waals surface area contributed by atoms with Crippen LogP contribution < -0.4 is 15.4 Å².